The summed E-state index contributed by atoms with van der Waals surface area (Å²) in [4.78, 5) is 15.8. The maximum atomic E-state index is 4.63. The standard InChI is InChI=1S/C14H24N6/c1-3-14(7-6-8-14)19-12-16-11(15-2)17-13(18-12)20-9-4-5-10-20/h3-10H2,1-2H3,(H2,15,16,17,18,19). The monoisotopic (exact) mass is 276 g/mol. The molecule has 3 rings (SSSR count). The highest BCUT2D eigenvalue weighted by atomic mass is 15.3. The molecule has 1 aromatic heterocycles. The second-order valence-corrected chi connectivity index (χ2v) is 5.84. The Morgan fingerprint density at radius 2 is 1.75 bits per heavy atom. The average molecular weight is 276 g/mol. The van der Waals surface area contributed by atoms with Crippen LogP contribution in [0.15, 0.2) is 0 Å². The highest BCUT2D eigenvalue weighted by Gasteiger charge is 2.36. The first-order chi connectivity index (χ1) is 9.74. The van der Waals surface area contributed by atoms with E-state index in [0.29, 0.717) is 11.9 Å². The molecule has 0 spiro atoms. The van der Waals surface area contributed by atoms with Gasteiger partial charge in [0.05, 0.1) is 0 Å². The van der Waals surface area contributed by atoms with E-state index in [2.05, 4.69) is 37.4 Å². The summed E-state index contributed by atoms with van der Waals surface area (Å²) in [6, 6.07) is 0. The first-order valence-corrected chi connectivity index (χ1v) is 7.72. The smallest absolute Gasteiger partial charge is 0.231 e. The van der Waals surface area contributed by atoms with E-state index in [1.165, 1.54) is 32.1 Å². The van der Waals surface area contributed by atoms with E-state index in [4.69, 9.17) is 0 Å². The van der Waals surface area contributed by atoms with Crippen molar-refractivity contribution in [3.63, 3.8) is 0 Å². The Morgan fingerprint density at radius 1 is 1.05 bits per heavy atom. The van der Waals surface area contributed by atoms with Gasteiger partial charge >= 0.3 is 0 Å². The molecule has 2 aliphatic rings. The van der Waals surface area contributed by atoms with Crippen molar-refractivity contribution in [2.45, 2.75) is 51.0 Å². The van der Waals surface area contributed by atoms with Crippen LogP contribution in [0.25, 0.3) is 0 Å². The van der Waals surface area contributed by atoms with E-state index in [-0.39, 0.29) is 5.54 Å². The van der Waals surface area contributed by atoms with Crippen LogP contribution < -0.4 is 15.5 Å². The van der Waals surface area contributed by atoms with Crippen molar-refractivity contribution in [3.8, 4) is 0 Å². The molecular weight excluding hydrogens is 252 g/mol. The maximum Gasteiger partial charge on any atom is 0.231 e. The fourth-order valence-corrected chi connectivity index (χ4v) is 3.00. The largest absolute Gasteiger partial charge is 0.357 e. The molecular formula is C14H24N6. The molecule has 2 N–H and O–H groups in total. The van der Waals surface area contributed by atoms with Gasteiger partial charge in [-0.25, -0.2) is 0 Å². The number of nitrogens with zero attached hydrogens (tertiary/aromatic N) is 4. The van der Waals surface area contributed by atoms with Crippen molar-refractivity contribution < 1.29 is 0 Å². The zero-order valence-electron chi connectivity index (χ0n) is 12.4. The van der Waals surface area contributed by atoms with Gasteiger partial charge < -0.3 is 15.5 Å². The molecule has 6 heteroatoms. The summed E-state index contributed by atoms with van der Waals surface area (Å²) >= 11 is 0. The summed E-state index contributed by atoms with van der Waals surface area (Å²) in [5, 5.41) is 6.59. The maximum absolute atomic E-state index is 4.63. The molecule has 1 aliphatic heterocycles. The Morgan fingerprint density at radius 3 is 2.30 bits per heavy atom. The van der Waals surface area contributed by atoms with Gasteiger partial charge in [0.25, 0.3) is 0 Å². The number of anilines is 3. The Hall–Kier alpha value is -1.59. The molecule has 1 aliphatic carbocycles. The van der Waals surface area contributed by atoms with Gasteiger partial charge in [0.1, 0.15) is 0 Å². The number of nitrogens with one attached hydrogen (secondary N) is 2. The minimum absolute atomic E-state index is 0.203. The van der Waals surface area contributed by atoms with Crippen LogP contribution in [0.5, 0.6) is 0 Å². The lowest BCUT2D eigenvalue weighted by atomic mass is 9.75. The van der Waals surface area contributed by atoms with Crippen molar-refractivity contribution >= 4 is 17.8 Å². The number of aromatic nitrogens is 3. The van der Waals surface area contributed by atoms with Crippen molar-refractivity contribution in [3.05, 3.63) is 0 Å². The van der Waals surface area contributed by atoms with Gasteiger partial charge in [-0.1, -0.05) is 6.92 Å². The quantitative estimate of drug-likeness (QED) is 0.860. The molecule has 6 nitrogen and oxygen atoms in total. The number of hydrogen-bond donors (Lipinski definition) is 2. The molecule has 2 fully saturated rings. The summed E-state index contributed by atoms with van der Waals surface area (Å²) in [6.45, 7) is 4.32. The van der Waals surface area contributed by atoms with Crippen LogP contribution in [0, 0.1) is 0 Å². The van der Waals surface area contributed by atoms with E-state index >= 15 is 0 Å². The fourth-order valence-electron chi connectivity index (χ4n) is 3.00. The van der Waals surface area contributed by atoms with Crippen LogP contribution in [0.4, 0.5) is 17.8 Å². The summed E-state index contributed by atoms with van der Waals surface area (Å²) < 4.78 is 0. The third-order valence-electron chi connectivity index (χ3n) is 4.60. The predicted octanol–water partition coefficient (Wildman–Crippen LogP) is 2.26. The van der Waals surface area contributed by atoms with Gasteiger partial charge in [-0.05, 0) is 38.5 Å². The molecule has 0 radical (unpaired) electrons. The second-order valence-electron chi connectivity index (χ2n) is 5.84. The van der Waals surface area contributed by atoms with Gasteiger partial charge in [0, 0.05) is 25.7 Å². The molecule has 0 aromatic carbocycles. The Labute approximate surface area is 120 Å². The van der Waals surface area contributed by atoms with E-state index in [1.807, 2.05) is 7.05 Å². The van der Waals surface area contributed by atoms with E-state index in [1.54, 1.807) is 0 Å². The van der Waals surface area contributed by atoms with Crippen LogP contribution in [-0.2, 0) is 0 Å². The molecule has 0 bridgehead atoms. The predicted molar refractivity (Wildman–Crippen MR) is 81.3 cm³/mol. The second kappa shape index (κ2) is 5.42. The van der Waals surface area contributed by atoms with Crippen LogP contribution in [0.1, 0.15) is 45.4 Å². The highest BCUT2D eigenvalue weighted by molar-refractivity contribution is 5.45. The van der Waals surface area contributed by atoms with Crippen LogP contribution >= 0.6 is 0 Å². The molecule has 1 saturated carbocycles. The zero-order valence-corrected chi connectivity index (χ0v) is 12.4. The fraction of sp³-hybridized carbons (Fsp3) is 0.786. The number of hydrogen-bond acceptors (Lipinski definition) is 6. The van der Waals surface area contributed by atoms with Crippen molar-refractivity contribution in [1.29, 1.82) is 0 Å². The third-order valence-corrected chi connectivity index (χ3v) is 4.60. The normalized spacial score (nSPS) is 20.6. The van der Waals surface area contributed by atoms with E-state index in [0.717, 1.165) is 25.5 Å². The van der Waals surface area contributed by atoms with Gasteiger partial charge in [-0.2, -0.15) is 15.0 Å². The molecule has 2 heterocycles. The summed E-state index contributed by atoms with van der Waals surface area (Å²) in [5.41, 5.74) is 0.203. The van der Waals surface area contributed by atoms with Gasteiger partial charge in [0.15, 0.2) is 0 Å². The van der Waals surface area contributed by atoms with Gasteiger partial charge in [-0.3, -0.25) is 0 Å². The lowest BCUT2D eigenvalue weighted by Crippen LogP contribution is -2.45. The molecule has 0 amide bonds. The first kappa shape index (κ1) is 13.4. The zero-order chi connectivity index (χ0) is 14.0. The third kappa shape index (κ3) is 2.51. The van der Waals surface area contributed by atoms with Gasteiger partial charge in [-0.15, -0.1) is 0 Å². The van der Waals surface area contributed by atoms with Crippen molar-refractivity contribution in [2.75, 3.05) is 35.7 Å². The minimum Gasteiger partial charge on any atom is -0.357 e. The van der Waals surface area contributed by atoms with Crippen molar-refractivity contribution in [2.24, 2.45) is 0 Å². The molecule has 1 saturated heterocycles. The Bertz CT molecular complexity index is 459. The molecule has 110 valence electrons. The SMILES string of the molecule is CCC1(Nc2nc(NC)nc(N3CCCC3)n2)CCC1. The van der Waals surface area contributed by atoms with E-state index < -0.39 is 0 Å². The molecule has 20 heavy (non-hydrogen) atoms. The van der Waals surface area contributed by atoms with Crippen LogP contribution in [-0.4, -0.2) is 40.6 Å². The van der Waals surface area contributed by atoms with Crippen LogP contribution in [0.2, 0.25) is 0 Å². The lowest BCUT2D eigenvalue weighted by molar-refractivity contribution is 0.268. The van der Waals surface area contributed by atoms with Crippen LogP contribution in [0.3, 0.4) is 0 Å². The minimum atomic E-state index is 0.203. The Kier molecular flexibility index (Phi) is 3.63. The first-order valence-electron chi connectivity index (χ1n) is 7.72. The summed E-state index contributed by atoms with van der Waals surface area (Å²) in [5.74, 6) is 2.16. The summed E-state index contributed by atoms with van der Waals surface area (Å²) in [6.07, 6.45) is 7.28. The van der Waals surface area contributed by atoms with Crippen molar-refractivity contribution in [1.82, 2.24) is 15.0 Å². The summed E-state index contributed by atoms with van der Waals surface area (Å²) in [7, 11) is 1.85. The molecule has 1 aromatic rings. The average Bonchev–Trinajstić information content (AvgIpc) is 2.96. The topological polar surface area (TPSA) is 66.0 Å². The molecule has 0 unspecified atom stereocenters. The van der Waals surface area contributed by atoms with E-state index in [9.17, 15) is 0 Å². The highest BCUT2D eigenvalue weighted by Crippen LogP contribution is 2.37. The van der Waals surface area contributed by atoms with Gasteiger partial charge in [0.2, 0.25) is 17.8 Å². The Balaban J connectivity index is 1.83. The number of rotatable bonds is 5. The molecule has 0 atom stereocenters. The lowest BCUT2D eigenvalue weighted by Gasteiger charge is -2.42.